The Hall–Kier alpha value is -2.06. The lowest BCUT2D eigenvalue weighted by Gasteiger charge is -2.45. The van der Waals surface area contributed by atoms with Crippen LogP contribution in [0.25, 0.3) is 0 Å². The molecular weight excluding hydrogens is 361 g/mol. The number of aliphatic carboxylic acids is 1. The van der Waals surface area contributed by atoms with Gasteiger partial charge in [-0.15, -0.1) is 0 Å². The maximum Gasteiger partial charge on any atom is 0.433 e. The molecule has 6 nitrogen and oxygen atoms in total. The predicted octanol–water partition coefficient (Wildman–Crippen LogP) is 2.81. The van der Waals surface area contributed by atoms with Crippen molar-refractivity contribution < 1.29 is 23.1 Å². The number of hydrogen-bond acceptors (Lipinski definition) is 5. The SMILES string of the molecule is Cc1c(N2C[C@@H]3[C@@H](CC(=O)O)[C@@H]3C2)nc(N2C[C@H](C)[C@@H]2C)nc1C(F)(F)F. The summed E-state index contributed by atoms with van der Waals surface area (Å²) < 4.78 is 40.7. The topological polar surface area (TPSA) is 69.6 Å². The maximum absolute atomic E-state index is 13.6. The Labute approximate surface area is 155 Å². The van der Waals surface area contributed by atoms with Crippen LogP contribution < -0.4 is 9.80 Å². The van der Waals surface area contributed by atoms with E-state index < -0.39 is 17.8 Å². The van der Waals surface area contributed by atoms with Crippen molar-refractivity contribution in [3.05, 3.63) is 11.3 Å². The highest BCUT2D eigenvalue weighted by Crippen LogP contribution is 2.54. The Balaban J connectivity index is 1.62. The van der Waals surface area contributed by atoms with E-state index in [0.29, 0.717) is 31.4 Å². The largest absolute Gasteiger partial charge is 0.481 e. The Morgan fingerprint density at radius 1 is 1.19 bits per heavy atom. The minimum Gasteiger partial charge on any atom is -0.481 e. The molecule has 1 saturated carbocycles. The summed E-state index contributed by atoms with van der Waals surface area (Å²) in [6.07, 6.45) is -4.40. The number of rotatable bonds is 4. The van der Waals surface area contributed by atoms with Crippen molar-refractivity contribution in [2.75, 3.05) is 29.4 Å². The number of hydrogen-bond donors (Lipinski definition) is 1. The second-order valence-electron chi connectivity index (χ2n) is 8.18. The van der Waals surface area contributed by atoms with Gasteiger partial charge < -0.3 is 14.9 Å². The second kappa shape index (κ2) is 5.97. The van der Waals surface area contributed by atoms with Crippen LogP contribution in [-0.4, -0.2) is 46.7 Å². The van der Waals surface area contributed by atoms with E-state index in [1.165, 1.54) is 6.92 Å². The van der Waals surface area contributed by atoms with Gasteiger partial charge in [-0.1, -0.05) is 6.92 Å². The number of anilines is 2. The molecule has 3 aliphatic rings. The molecule has 0 radical (unpaired) electrons. The third-order valence-corrected chi connectivity index (χ3v) is 6.51. The first-order chi connectivity index (χ1) is 12.6. The lowest BCUT2D eigenvalue weighted by molar-refractivity contribution is -0.141. The van der Waals surface area contributed by atoms with Crippen LogP contribution in [0.3, 0.4) is 0 Å². The first-order valence-corrected chi connectivity index (χ1v) is 9.27. The number of carbonyl (C=O) groups is 1. The molecule has 1 aromatic rings. The zero-order valence-electron chi connectivity index (χ0n) is 15.5. The molecule has 0 spiro atoms. The van der Waals surface area contributed by atoms with Gasteiger partial charge in [0.2, 0.25) is 5.95 Å². The van der Waals surface area contributed by atoms with Crippen LogP contribution in [0.2, 0.25) is 0 Å². The normalized spacial score (nSPS) is 32.3. The number of carboxylic acid groups (broad SMARTS) is 1. The summed E-state index contributed by atoms with van der Waals surface area (Å²) in [5.41, 5.74) is -0.833. The lowest BCUT2D eigenvalue weighted by Crippen LogP contribution is -2.54. The summed E-state index contributed by atoms with van der Waals surface area (Å²) in [6, 6.07) is 0.105. The minimum atomic E-state index is -4.54. The van der Waals surface area contributed by atoms with Crippen LogP contribution in [-0.2, 0) is 11.0 Å². The molecule has 9 heteroatoms. The van der Waals surface area contributed by atoms with Gasteiger partial charge in [0.05, 0.1) is 0 Å². The lowest BCUT2D eigenvalue weighted by atomic mass is 9.92. The van der Waals surface area contributed by atoms with Crippen LogP contribution in [0.4, 0.5) is 24.9 Å². The van der Waals surface area contributed by atoms with Crippen LogP contribution in [0.15, 0.2) is 0 Å². The summed E-state index contributed by atoms with van der Waals surface area (Å²) in [5.74, 6) is 0.647. The molecule has 148 valence electrons. The Kier molecular flexibility index (Phi) is 4.05. The van der Waals surface area contributed by atoms with E-state index >= 15 is 0 Å². The number of nitrogens with zero attached hydrogens (tertiary/aromatic N) is 4. The van der Waals surface area contributed by atoms with Crippen molar-refractivity contribution in [3.63, 3.8) is 0 Å². The van der Waals surface area contributed by atoms with Crippen molar-refractivity contribution in [1.82, 2.24) is 9.97 Å². The van der Waals surface area contributed by atoms with Crippen molar-refractivity contribution in [2.45, 2.75) is 39.4 Å². The van der Waals surface area contributed by atoms with E-state index in [1.54, 1.807) is 0 Å². The summed E-state index contributed by atoms with van der Waals surface area (Å²) in [6.45, 7) is 7.20. The zero-order chi connectivity index (χ0) is 19.7. The van der Waals surface area contributed by atoms with Gasteiger partial charge in [-0.3, -0.25) is 4.79 Å². The third-order valence-electron chi connectivity index (χ3n) is 6.51. The molecule has 5 atom stereocenters. The van der Waals surface area contributed by atoms with E-state index in [2.05, 4.69) is 16.9 Å². The molecule has 0 amide bonds. The molecule has 0 bridgehead atoms. The fourth-order valence-electron chi connectivity index (χ4n) is 4.59. The van der Waals surface area contributed by atoms with E-state index in [4.69, 9.17) is 5.11 Å². The average molecular weight is 384 g/mol. The molecule has 27 heavy (non-hydrogen) atoms. The number of halogens is 3. The third kappa shape index (κ3) is 3.00. The average Bonchev–Trinajstić information content (AvgIpc) is 3.02. The van der Waals surface area contributed by atoms with Gasteiger partial charge in [-0.05, 0) is 37.5 Å². The number of carboxylic acids is 1. The highest BCUT2D eigenvalue weighted by molar-refractivity contribution is 5.68. The molecule has 3 heterocycles. The maximum atomic E-state index is 13.6. The second-order valence-corrected chi connectivity index (χ2v) is 8.18. The van der Waals surface area contributed by atoms with Crippen LogP contribution in [0.1, 0.15) is 31.5 Å². The standard InChI is InChI=1S/C18H23F3N4O2/c1-8-5-25(10(8)3)17-22-15(18(19,20)21)9(2)16(23-17)24-6-12-11(4-14(26)27)13(12)7-24/h8,10-13H,4-7H2,1-3H3,(H,26,27)/t8-,10-,11-,12-,13+/m0/s1. The molecule has 3 fully saturated rings. The zero-order valence-corrected chi connectivity index (χ0v) is 15.5. The molecule has 1 aromatic heterocycles. The number of fused-ring (bicyclic) bond motifs is 1. The molecular formula is C18H23F3N4O2. The first kappa shape index (κ1) is 18.3. The predicted molar refractivity (Wildman–Crippen MR) is 92.7 cm³/mol. The smallest absolute Gasteiger partial charge is 0.433 e. The quantitative estimate of drug-likeness (QED) is 0.861. The Bertz CT molecular complexity index is 773. The van der Waals surface area contributed by atoms with E-state index in [1.807, 2.05) is 16.7 Å². The first-order valence-electron chi connectivity index (χ1n) is 9.27. The molecule has 0 aromatic carbocycles. The highest BCUT2D eigenvalue weighted by Gasteiger charge is 2.56. The van der Waals surface area contributed by atoms with Crippen molar-refractivity contribution in [3.8, 4) is 0 Å². The molecule has 2 aliphatic heterocycles. The number of piperidine rings is 1. The van der Waals surface area contributed by atoms with Crippen molar-refractivity contribution in [2.24, 2.45) is 23.7 Å². The van der Waals surface area contributed by atoms with Crippen LogP contribution >= 0.6 is 0 Å². The van der Waals surface area contributed by atoms with E-state index in [0.717, 1.165) is 0 Å². The summed E-state index contributed by atoms with van der Waals surface area (Å²) in [7, 11) is 0. The van der Waals surface area contributed by atoms with Gasteiger partial charge in [0.1, 0.15) is 5.82 Å². The van der Waals surface area contributed by atoms with E-state index in [9.17, 15) is 18.0 Å². The molecule has 1 N–H and O–H groups in total. The van der Waals surface area contributed by atoms with E-state index in [-0.39, 0.29) is 41.7 Å². The summed E-state index contributed by atoms with van der Waals surface area (Å²) in [4.78, 5) is 22.9. The highest BCUT2D eigenvalue weighted by atomic mass is 19.4. The van der Waals surface area contributed by atoms with Crippen LogP contribution in [0, 0.1) is 30.6 Å². The fraction of sp³-hybridized carbons (Fsp3) is 0.722. The van der Waals surface area contributed by atoms with Crippen molar-refractivity contribution in [1.29, 1.82) is 0 Å². The molecule has 1 aliphatic carbocycles. The van der Waals surface area contributed by atoms with Gasteiger partial charge >= 0.3 is 12.1 Å². The van der Waals surface area contributed by atoms with Gasteiger partial charge in [0, 0.05) is 37.7 Å². The monoisotopic (exact) mass is 384 g/mol. The minimum absolute atomic E-state index is 0.0450. The summed E-state index contributed by atoms with van der Waals surface area (Å²) in [5, 5.41) is 8.94. The number of alkyl halides is 3. The molecule has 0 unspecified atom stereocenters. The van der Waals surface area contributed by atoms with Gasteiger partial charge in [0.15, 0.2) is 5.69 Å². The van der Waals surface area contributed by atoms with Gasteiger partial charge in [0.25, 0.3) is 0 Å². The Morgan fingerprint density at radius 3 is 2.30 bits per heavy atom. The van der Waals surface area contributed by atoms with Gasteiger partial charge in [-0.25, -0.2) is 4.98 Å². The molecule has 2 saturated heterocycles. The van der Waals surface area contributed by atoms with Crippen LogP contribution in [0.5, 0.6) is 0 Å². The van der Waals surface area contributed by atoms with Gasteiger partial charge in [-0.2, -0.15) is 18.2 Å². The summed E-state index contributed by atoms with van der Waals surface area (Å²) >= 11 is 0. The Morgan fingerprint density at radius 2 is 1.81 bits per heavy atom. The fourth-order valence-corrected chi connectivity index (χ4v) is 4.59. The number of aromatic nitrogens is 2. The molecule has 4 rings (SSSR count). The van der Waals surface area contributed by atoms with Crippen molar-refractivity contribution >= 4 is 17.7 Å².